The second-order valence-electron chi connectivity index (χ2n) is 4.74. The van der Waals surface area contributed by atoms with Crippen molar-refractivity contribution in [2.45, 2.75) is 25.7 Å². The topological polar surface area (TPSA) is 63.2 Å². The molecule has 0 aliphatic carbocycles. The van der Waals surface area contributed by atoms with Crippen molar-refractivity contribution < 1.29 is 27.1 Å². The van der Waals surface area contributed by atoms with E-state index in [4.69, 9.17) is 0 Å². The molecule has 0 fully saturated rings. The number of rotatable bonds is 10. The standard InChI is InChI=1S/C14H19F4N3O2.ClH/c1-2-5-19-6-7-20-12(22)10-3-4-11(21-8-10)23-9-14(17,18)13(15)16;/h3-4,8,13,19H,2,5-7,9H2,1H3,(H,20,22);1H. The van der Waals surface area contributed by atoms with Crippen LogP contribution < -0.4 is 15.4 Å². The number of hydrogen-bond donors (Lipinski definition) is 2. The van der Waals surface area contributed by atoms with Crippen molar-refractivity contribution in [2.24, 2.45) is 0 Å². The van der Waals surface area contributed by atoms with Gasteiger partial charge in [-0.15, -0.1) is 12.4 Å². The molecular weight excluding hydrogens is 354 g/mol. The summed E-state index contributed by atoms with van der Waals surface area (Å²) in [6, 6.07) is 2.49. The molecule has 0 bridgehead atoms. The van der Waals surface area contributed by atoms with Gasteiger partial charge in [-0.1, -0.05) is 6.92 Å². The minimum atomic E-state index is -4.25. The number of halogens is 5. The van der Waals surface area contributed by atoms with Crippen LogP contribution in [-0.2, 0) is 0 Å². The van der Waals surface area contributed by atoms with E-state index in [0.717, 1.165) is 19.2 Å². The minimum Gasteiger partial charge on any atom is -0.471 e. The van der Waals surface area contributed by atoms with Crippen molar-refractivity contribution in [1.82, 2.24) is 15.6 Å². The lowest BCUT2D eigenvalue weighted by atomic mass is 10.2. The lowest BCUT2D eigenvalue weighted by Gasteiger charge is -2.15. The summed E-state index contributed by atoms with van der Waals surface area (Å²) < 4.78 is 53.8. The fourth-order valence-corrected chi connectivity index (χ4v) is 1.50. The van der Waals surface area contributed by atoms with Crippen LogP contribution in [-0.4, -0.2) is 49.5 Å². The molecule has 0 aliphatic heterocycles. The Bertz CT molecular complexity index is 489. The predicted molar refractivity (Wildman–Crippen MR) is 83.4 cm³/mol. The van der Waals surface area contributed by atoms with Gasteiger partial charge >= 0.3 is 12.3 Å². The molecule has 5 nitrogen and oxygen atoms in total. The van der Waals surface area contributed by atoms with E-state index in [1.165, 1.54) is 12.1 Å². The number of hydrogen-bond acceptors (Lipinski definition) is 4. The minimum absolute atomic E-state index is 0. The zero-order valence-electron chi connectivity index (χ0n) is 13.0. The first kappa shape index (κ1) is 22.4. The summed E-state index contributed by atoms with van der Waals surface area (Å²) in [6.45, 7) is 2.45. The van der Waals surface area contributed by atoms with E-state index < -0.39 is 19.0 Å². The maximum atomic E-state index is 12.7. The highest BCUT2D eigenvalue weighted by molar-refractivity contribution is 5.93. The lowest BCUT2D eigenvalue weighted by Crippen LogP contribution is -2.34. The van der Waals surface area contributed by atoms with Crippen molar-refractivity contribution in [1.29, 1.82) is 0 Å². The summed E-state index contributed by atoms with van der Waals surface area (Å²) in [4.78, 5) is 15.4. The SMILES string of the molecule is CCCNCCNC(=O)c1ccc(OCC(F)(F)C(F)F)nc1.Cl. The van der Waals surface area contributed by atoms with Crippen molar-refractivity contribution in [3.05, 3.63) is 23.9 Å². The molecule has 0 aromatic carbocycles. The molecule has 0 saturated carbocycles. The number of amides is 1. The van der Waals surface area contributed by atoms with Crippen LogP contribution in [0, 0.1) is 0 Å². The Morgan fingerprint density at radius 3 is 2.54 bits per heavy atom. The molecule has 0 aliphatic rings. The lowest BCUT2D eigenvalue weighted by molar-refractivity contribution is -0.148. The summed E-state index contributed by atoms with van der Waals surface area (Å²) in [7, 11) is 0. The maximum Gasteiger partial charge on any atom is 0.340 e. The maximum absolute atomic E-state index is 12.7. The second kappa shape index (κ2) is 11.0. The molecule has 1 heterocycles. The number of alkyl halides is 4. The third kappa shape index (κ3) is 7.78. The molecule has 0 saturated heterocycles. The molecule has 1 aromatic rings. The largest absolute Gasteiger partial charge is 0.471 e. The van der Waals surface area contributed by atoms with Gasteiger partial charge in [-0.05, 0) is 19.0 Å². The molecule has 0 atom stereocenters. The number of nitrogens with zero attached hydrogens (tertiary/aromatic N) is 1. The molecule has 10 heteroatoms. The Balaban J connectivity index is 0.00000529. The Morgan fingerprint density at radius 1 is 1.29 bits per heavy atom. The highest BCUT2D eigenvalue weighted by atomic mass is 35.5. The average molecular weight is 374 g/mol. The predicted octanol–water partition coefficient (Wildman–Crippen LogP) is 2.51. The Labute approximate surface area is 143 Å². The highest BCUT2D eigenvalue weighted by Gasteiger charge is 2.41. The first-order valence-corrected chi connectivity index (χ1v) is 7.10. The molecule has 1 rings (SSSR count). The highest BCUT2D eigenvalue weighted by Crippen LogP contribution is 2.23. The molecule has 0 spiro atoms. The molecule has 138 valence electrons. The number of aromatic nitrogens is 1. The van der Waals surface area contributed by atoms with Crippen LogP contribution >= 0.6 is 12.4 Å². The van der Waals surface area contributed by atoms with Crippen LogP contribution in [0.2, 0.25) is 0 Å². The number of ether oxygens (including phenoxy) is 1. The number of pyridine rings is 1. The second-order valence-corrected chi connectivity index (χ2v) is 4.74. The van der Waals surface area contributed by atoms with Crippen molar-refractivity contribution in [3.63, 3.8) is 0 Å². The summed E-state index contributed by atoms with van der Waals surface area (Å²) in [5, 5.41) is 5.76. The van der Waals surface area contributed by atoms with E-state index in [0.29, 0.717) is 13.1 Å². The van der Waals surface area contributed by atoms with Crippen LogP contribution in [0.25, 0.3) is 0 Å². The van der Waals surface area contributed by atoms with Crippen LogP contribution in [0.3, 0.4) is 0 Å². The monoisotopic (exact) mass is 373 g/mol. The molecular formula is C14H20ClF4N3O2. The van der Waals surface area contributed by atoms with Gasteiger partial charge in [-0.2, -0.15) is 8.78 Å². The third-order valence-electron chi connectivity index (χ3n) is 2.74. The van der Waals surface area contributed by atoms with Crippen molar-refractivity contribution >= 4 is 18.3 Å². The Morgan fingerprint density at radius 2 is 2.00 bits per heavy atom. The van der Waals surface area contributed by atoms with Crippen LogP contribution in [0.4, 0.5) is 17.6 Å². The molecule has 1 amide bonds. The first-order valence-electron chi connectivity index (χ1n) is 7.10. The van der Waals surface area contributed by atoms with E-state index in [9.17, 15) is 22.4 Å². The fourth-order valence-electron chi connectivity index (χ4n) is 1.50. The number of carbonyl (C=O) groups excluding carboxylic acids is 1. The van der Waals surface area contributed by atoms with Gasteiger partial charge in [0.15, 0.2) is 6.61 Å². The Kier molecular flexibility index (Phi) is 10.3. The average Bonchev–Trinajstić information content (AvgIpc) is 2.53. The third-order valence-corrected chi connectivity index (χ3v) is 2.74. The summed E-state index contributed by atoms with van der Waals surface area (Å²) in [5.41, 5.74) is 0.216. The quantitative estimate of drug-likeness (QED) is 0.488. The summed E-state index contributed by atoms with van der Waals surface area (Å²) >= 11 is 0. The molecule has 1 aromatic heterocycles. The van der Waals surface area contributed by atoms with E-state index in [1.54, 1.807) is 0 Å². The van der Waals surface area contributed by atoms with Crippen LogP contribution in [0.15, 0.2) is 18.3 Å². The van der Waals surface area contributed by atoms with Crippen LogP contribution in [0.5, 0.6) is 5.88 Å². The van der Waals surface area contributed by atoms with Gasteiger partial charge in [0, 0.05) is 25.4 Å². The molecule has 0 radical (unpaired) electrons. The van der Waals surface area contributed by atoms with E-state index in [1.807, 2.05) is 6.92 Å². The van der Waals surface area contributed by atoms with Crippen LogP contribution in [0.1, 0.15) is 23.7 Å². The molecule has 24 heavy (non-hydrogen) atoms. The van der Waals surface area contributed by atoms with Gasteiger partial charge in [-0.25, -0.2) is 13.8 Å². The van der Waals surface area contributed by atoms with Crippen molar-refractivity contribution in [3.8, 4) is 5.88 Å². The first-order chi connectivity index (χ1) is 10.9. The van der Waals surface area contributed by atoms with Gasteiger partial charge in [0.2, 0.25) is 5.88 Å². The van der Waals surface area contributed by atoms with Gasteiger partial charge < -0.3 is 15.4 Å². The van der Waals surface area contributed by atoms with E-state index in [-0.39, 0.29) is 29.8 Å². The van der Waals surface area contributed by atoms with Gasteiger partial charge in [0.1, 0.15) is 0 Å². The number of nitrogens with one attached hydrogen (secondary N) is 2. The zero-order valence-corrected chi connectivity index (χ0v) is 13.8. The zero-order chi connectivity index (χ0) is 17.3. The summed E-state index contributed by atoms with van der Waals surface area (Å²) in [5.74, 6) is -4.88. The molecule has 0 unspecified atom stereocenters. The van der Waals surface area contributed by atoms with Crippen molar-refractivity contribution in [2.75, 3.05) is 26.2 Å². The molecule has 2 N–H and O–H groups in total. The number of carbonyl (C=O) groups is 1. The van der Waals surface area contributed by atoms with Gasteiger partial charge in [0.25, 0.3) is 5.91 Å². The Hall–Kier alpha value is -1.61. The van der Waals surface area contributed by atoms with E-state index in [2.05, 4.69) is 20.4 Å². The smallest absolute Gasteiger partial charge is 0.340 e. The fraction of sp³-hybridized carbons (Fsp3) is 0.571. The normalized spacial score (nSPS) is 11.1. The van der Waals surface area contributed by atoms with Gasteiger partial charge in [0.05, 0.1) is 5.56 Å². The summed E-state index contributed by atoms with van der Waals surface area (Å²) in [6.07, 6.45) is -1.69. The van der Waals surface area contributed by atoms with E-state index >= 15 is 0 Å². The van der Waals surface area contributed by atoms with Gasteiger partial charge in [-0.3, -0.25) is 4.79 Å².